The summed E-state index contributed by atoms with van der Waals surface area (Å²) >= 11 is 0. The van der Waals surface area contributed by atoms with E-state index in [1.165, 1.54) is 14.2 Å². The fourth-order valence-electron chi connectivity index (χ4n) is 1.12. The van der Waals surface area contributed by atoms with Crippen molar-refractivity contribution >= 4 is 13.4 Å². The van der Waals surface area contributed by atoms with Crippen molar-refractivity contribution in [1.82, 2.24) is 0 Å². The van der Waals surface area contributed by atoms with E-state index in [1.54, 1.807) is 13.8 Å². The molecule has 0 aromatic rings. The first-order valence-electron chi connectivity index (χ1n) is 5.69. The van der Waals surface area contributed by atoms with E-state index in [4.69, 9.17) is 13.8 Å². The van der Waals surface area contributed by atoms with E-state index in [0.29, 0.717) is 6.61 Å². The van der Waals surface area contributed by atoms with Gasteiger partial charge in [0.15, 0.2) is 5.78 Å². The topological polar surface area (TPSA) is 61.8 Å². The minimum atomic E-state index is -3.30. The summed E-state index contributed by atoms with van der Waals surface area (Å²) in [7, 11) is -0.770. The van der Waals surface area contributed by atoms with E-state index in [2.05, 4.69) is 0 Å². The SMILES string of the molecule is CCCCOC(C)(C)C(=O)CP(=O)(OC)OC. The molecule has 0 aliphatic carbocycles. The lowest BCUT2D eigenvalue weighted by Gasteiger charge is -2.25. The third-order valence-corrected chi connectivity index (χ3v) is 4.31. The van der Waals surface area contributed by atoms with Crippen molar-refractivity contribution in [3.05, 3.63) is 0 Å². The molecule has 0 heterocycles. The molecule has 6 heteroatoms. The van der Waals surface area contributed by atoms with Crippen LogP contribution in [0, 0.1) is 0 Å². The molecule has 0 spiro atoms. The van der Waals surface area contributed by atoms with Gasteiger partial charge in [-0.15, -0.1) is 0 Å². The van der Waals surface area contributed by atoms with Gasteiger partial charge in [-0.05, 0) is 20.3 Å². The van der Waals surface area contributed by atoms with E-state index in [-0.39, 0.29) is 11.9 Å². The van der Waals surface area contributed by atoms with Crippen LogP contribution in [0.3, 0.4) is 0 Å². The number of ketones is 1. The number of unbranched alkanes of at least 4 members (excludes halogenated alkanes) is 1. The smallest absolute Gasteiger partial charge is 0.337 e. The second-order valence-corrected chi connectivity index (χ2v) is 6.54. The maximum atomic E-state index is 11.9. The Bertz CT molecular complexity index is 280. The fourth-order valence-corrected chi connectivity index (χ4v) is 2.26. The first-order chi connectivity index (χ1) is 7.81. The van der Waals surface area contributed by atoms with Crippen LogP contribution in [0.25, 0.3) is 0 Å². The van der Waals surface area contributed by atoms with Crippen LogP contribution in [0.5, 0.6) is 0 Å². The molecule has 0 atom stereocenters. The van der Waals surface area contributed by atoms with Crippen LogP contribution in [0.1, 0.15) is 33.6 Å². The van der Waals surface area contributed by atoms with Crippen molar-refractivity contribution in [2.24, 2.45) is 0 Å². The summed E-state index contributed by atoms with van der Waals surface area (Å²) in [4.78, 5) is 11.9. The highest BCUT2D eigenvalue weighted by Gasteiger charge is 2.35. The predicted octanol–water partition coefficient (Wildman–Crippen LogP) is 2.64. The lowest BCUT2D eigenvalue weighted by atomic mass is 10.1. The van der Waals surface area contributed by atoms with Crippen molar-refractivity contribution in [3.8, 4) is 0 Å². The number of rotatable bonds is 9. The summed E-state index contributed by atoms with van der Waals surface area (Å²) in [5.41, 5.74) is -0.956. The monoisotopic (exact) mass is 266 g/mol. The van der Waals surface area contributed by atoms with Gasteiger partial charge < -0.3 is 13.8 Å². The van der Waals surface area contributed by atoms with Crippen LogP contribution in [0.15, 0.2) is 0 Å². The lowest BCUT2D eigenvalue weighted by molar-refractivity contribution is -0.138. The van der Waals surface area contributed by atoms with Crippen LogP contribution < -0.4 is 0 Å². The third-order valence-electron chi connectivity index (χ3n) is 2.53. The molecule has 0 fully saturated rings. The molecular formula is C11H23O5P. The molecule has 0 amide bonds. The van der Waals surface area contributed by atoms with Gasteiger partial charge in [-0.2, -0.15) is 0 Å². The number of Topliss-reactive ketones (excluding diaryl/α,β-unsaturated/α-hetero) is 1. The molecule has 0 bridgehead atoms. The summed E-state index contributed by atoms with van der Waals surface area (Å²) < 4.78 is 26.8. The molecule has 0 aromatic carbocycles. The molecule has 0 unspecified atom stereocenters. The molecule has 0 aromatic heterocycles. The van der Waals surface area contributed by atoms with Crippen LogP contribution in [-0.2, 0) is 23.1 Å². The zero-order chi connectivity index (χ0) is 13.5. The van der Waals surface area contributed by atoms with E-state index in [1.807, 2.05) is 6.92 Å². The van der Waals surface area contributed by atoms with Crippen LogP contribution in [0.2, 0.25) is 0 Å². The Labute approximate surface area is 103 Å². The van der Waals surface area contributed by atoms with Gasteiger partial charge in [0.25, 0.3) is 0 Å². The maximum Gasteiger partial charge on any atom is 0.337 e. The number of carbonyl (C=O) groups is 1. The molecule has 0 radical (unpaired) electrons. The van der Waals surface area contributed by atoms with Crippen LogP contribution in [0.4, 0.5) is 0 Å². The second kappa shape index (κ2) is 7.27. The molecule has 0 saturated carbocycles. The molecule has 5 nitrogen and oxygen atoms in total. The Morgan fingerprint density at radius 3 is 2.18 bits per heavy atom. The highest BCUT2D eigenvalue weighted by atomic mass is 31.2. The van der Waals surface area contributed by atoms with Gasteiger partial charge in [0.2, 0.25) is 0 Å². The third kappa shape index (κ3) is 5.77. The summed E-state index contributed by atoms with van der Waals surface area (Å²) in [6.07, 6.45) is 1.63. The quantitative estimate of drug-likeness (QED) is 0.474. The van der Waals surface area contributed by atoms with Crippen molar-refractivity contribution < 1.29 is 23.1 Å². The molecule has 17 heavy (non-hydrogen) atoms. The zero-order valence-electron chi connectivity index (χ0n) is 11.3. The molecule has 0 rings (SSSR count). The summed E-state index contributed by atoms with van der Waals surface area (Å²) in [5.74, 6) is -0.277. The van der Waals surface area contributed by atoms with Crippen molar-refractivity contribution in [2.45, 2.75) is 39.2 Å². The molecule has 0 N–H and O–H groups in total. The maximum absolute atomic E-state index is 11.9. The summed E-state index contributed by atoms with van der Waals surface area (Å²) in [5, 5.41) is 0. The van der Waals surface area contributed by atoms with Crippen molar-refractivity contribution in [2.75, 3.05) is 27.0 Å². The normalized spacial score (nSPS) is 12.8. The largest absolute Gasteiger partial charge is 0.368 e. The van der Waals surface area contributed by atoms with Gasteiger partial charge in [-0.3, -0.25) is 9.36 Å². The fraction of sp³-hybridized carbons (Fsp3) is 0.909. The van der Waals surface area contributed by atoms with Crippen LogP contribution in [-0.4, -0.2) is 38.4 Å². The van der Waals surface area contributed by atoms with Crippen LogP contribution >= 0.6 is 7.60 Å². The molecule has 0 aliphatic heterocycles. The zero-order valence-corrected chi connectivity index (χ0v) is 12.2. The molecule has 0 aliphatic rings. The average Bonchev–Trinajstić information content (AvgIpc) is 2.29. The molecular weight excluding hydrogens is 243 g/mol. The number of hydrogen-bond acceptors (Lipinski definition) is 5. The Morgan fingerprint density at radius 2 is 1.76 bits per heavy atom. The molecule has 102 valence electrons. The van der Waals surface area contributed by atoms with Gasteiger partial charge in [-0.25, -0.2) is 0 Å². The second-order valence-electron chi connectivity index (χ2n) is 4.27. The van der Waals surface area contributed by atoms with Crippen molar-refractivity contribution in [1.29, 1.82) is 0 Å². The van der Waals surface area contributed by atoms with Gasteiger partial charge in [0.05, 0.1) is 0 Å². The number of carbonyl (C=O) groups excluding carboxylic acids is 1. The van der Waals surface area contributed by atoms with Gasteiger partial charge in [0, 0.05) is 20.8 Å². The minimum Gasteiger partial charge on any atom is -0.368 e. The minimum absolute atomic E-state index is 0.265. The lowest BCUT2D eigenvalue weighted by Crippen LogP contribution is -2.37. The Hall–Kier alpha value is -0.220. The number of hydrogen-bond donors (Lipinski definition) is 0. The first-order valence-corrected chi connectivity index (χ1v) is 7.42. The van der Waals surface area contributed by atoms with E-state index >= 15 is 0 Å². The first kappa shape index (κ1) is 16.8. The standard InChI is InChI=1S/C11H23O5P/c1-6-7-8-16-11(2,3)10(12)9-17(13,14-4)15-5/h6-9H2,1-5H3. The van der Waals surface area contributed by atoms with E-state index in [9.17, 15) is 9.36 Å². The van der Waals surface area contributed by atoms with Crippen molar-refractivity contribution in [3.63, 3.8) is 0 Å². The van der Waals surface area contributed by atoms with Gasteiger partial charge in [-0.1, -0.05) is 13.3 Å². The van der Waals surface area contributed by atoms with Gasteiger partial charge in [0.1, 0.15) is 11.8 Å². The predicted molar refractivity (Wildman–Crippen MR) is 66.4 cm³/mol. The highest BCUT2D eigenvalue weighted by molar-refractivity contribution is 7.54. The molecule has 0 saturated heterocycles. The highest BCUT2D eigenvalue weighted by Crippen LogP contribution is 2.46. The Morgan fingerprint density at radius 1 is 1.24 bits per heavy atom. The Balaban J connectivity index is 4.42. The Kier molecular flexibility index (Phi) is 7.17. The average molecular weight is 266 g/mol. The van der Waals surface area contributed by atoms with E-state index in [0.717, 1.165) is 12.8 Å². The van der Waals surface area contributed by atoms with E-state index < -0.39 is 13.2 Å². The summed E-state index contributed by atoms with van der Waals surface area (Å²) in [6, 6.07) is 0. The van der Waals surface area contributed by atoms with Gasteiger partial charge >= 0.3 is 7.60 Å². The number of ether oxygens (including phenoxy) is 1. The summed E-state index contributed by atoms with van der Waals surface area (Å²) in [6.45, 7) is 5.89.